The number of carbonyl (C=O) groups is 2. The molecule has 0 heterocycles. The van der Waals surface area contributed by atoms with E-state index < -0.39 is 0 Å². The molecule has 38 heavy (non-hydrogen) atoms. The van der Waals surface area contributed by atoms with Crippen LogP contribution >= 0.6 is 18.5 Å². The van der Waals surface area contributed by atoms with Gasteiger partial charge in [-0.25, -0.2) is 0 Å². The van der Waals surface area contributed by atoms with E-state index in [2.05, 4.69) is 29.9 Å². The largest absolute Gasteiger partial charge is 0.396 e. The van der Waals surface area contributed by atoms with Gasteiger partial charge in [-0.1, -0.05) is 75.5 Å². The van der Waals surface area contributed by atoms with Crippen LogP contribution in [0.5, 0.6) is 0 Å². The number of allylic oxidation sites excluding steroid dienone is 4. The first-order chi connectivity index (χ1) is 18.4. The zero-order valence-corrected chi connectivity index (χ0v) is 23.9. The normalized spacial score (nSPS) is 12.8. The van der Waals surface area contributed by atoms with Crippen molar-refractivity contribution in [1.29, 1.82) is 0 Å². The van der Waals surface area contributed by atoms with E-state index in [1.54, 1.807) is 50.6 Å². The van der Waals surface area contributed by atoms with Crippen molar-refractivity contribution in [3.05, 3.63) is 72.2 Å². The molecule has 1 rings (SSSR count). The summed E-state index contributed by atoms with van der Waals surface area (Å²) in [5.74, 6) is 0. The van der Waals surface area contributed by atoms with Crippen LogP contribution < -0.4 is 0 Å². The van der Waals surface area contributed by atoms with Crippen LogP contribution in [0.25, 0.3) is 0 Å². The second-order valence-corrected chi connectivity index (χ2v) is 8.60. The Bertz CT molecular complexity index is 1060. The van der Waals surface area contributed by atoms with Crippen LogP contribution in [-0.4, -0.2) is 48.1 Å². The van der Waals surface area contributed by atoms with E-state index >= 15 is 0 Å². The molecule has 10 nitrogen and oxygen atoms in total. The predicted octanol–water partition coefficient (Wildman–Crippen LogP) is 5.12. The highest BCUT2D eigenvalue weighted by Crippen LogP contribution is 2.03. The molecular weight excluding hydrogens is 526 g/mol. The standard InChI is InChI=1S/C26H34N4O6P2/c1-21(25(31)37)29-35-17-9-5-3-7-15-33-27-19-23-11-13-24(14-12-23)20-28-34-16-8-4-6-10-18-36-30-22(2)26(32)38/h3,5,7,9,11-15,17,19-20H,4,6,8,10,16,18,37-38H2,1-2H3/b5-3+,15-7+,17-9+,27-19-,28-20+,29-21-,30-22-. The molecule has 1 aromatic rings. The minimum atomic E-state index is -0.225. The average Bonchev–Trinajstić information content (AvgIpc) is 2.90. The van der Waals surface area contributed by atoms with Crippen molar-refractivity contribution in [3.63, 3.8) is 0 Å². The quantitative estimate of drug-likeness (QED) is 0.0578. The summed E-state index contributed by atoms with van der Waals surface area (Å²) in [4.78, 5) is 42.2. The molecule has 0 aliphatic carbocycles. The molecule has 2 unspecified atom stereocenters. The van der Waals surface area contributed by atoms with E-state index in [4.69, 9.17) is 19.4 Å². The van der Waals surface area contributed by atoms with Crippen LogP contribution in [0.4, 0.5) is 0 Å². The number of carbonyl (C=O) groups excluding carboxylic acids is 2. The van der Waals surface area contributed by atoms with Crippen molar-refractivity contribution in [3.8, 4) is 0 Å². The number of benzene rings is 1. The third kappa shape index (κ3) is 17.9. The van der Waals surface area contributed by atoms with Gasteiger partial charge in [0.2, 0.25) is 0 Å². The Balaban J connectivity index is 2.15. The topological polar surface area (TPSA) is 120 Å². The van der Waals surface area contributed by atoms with Gasteiger partial charge in [-0.2, -0.15) is 0 Å². The second-order valence-electron chi connectivity index (χ2n) is 7.55. The first kappa shape index (κ1) is 32.5. The van der Waals surface area contributed by atoms with E-state index in [1.165, 1.54) is 12.5 Å². The van der Waals surface area contributed by atoms with Crippen molar-refractivity contribution < 1.29 is 28.9 Å². The number of oxime groups is 4. The Morgan fingerprint density at radius 1 is 0.684 bits per heavy atom. The van der Waals surface area contributed by atoms with E-state index in [0.717, 1.165) is 36.8 Å². The summed E-state index contributed by atoms with van der Waals surface area (Å²) in [6, 6.07) is 7.58. The highest BCUT2D eigenvalue weighted by atomic mass is 31.0. The Kier molecular flexibility index (Phi) is 18.5. The molecule has 12 heteroatoms. The SMILES string of the molecule is C/C(=N/O/C=C/C=C/C=C/O/N=C\c1ccc(/C=N/OCCCCCCO/N=C(/C)C(=O)P)cc1)C(=O)P. The van der Waals surface area contributed by atoms with Gasteiger partial charge in [-0.3, -0.25) is 9.59 Å². The summed E-state index contributed by atoms with van der Waals surface area (Å²) in [6.07, 6.45) is 16.5. The van der Waals surface area contributed by atoms with Gasteiger partial charge in [0.25, 0.3) is 0 Å². The molecule has 1 aromatic carbocycles. The van der Waals surface area contributed by atoms with E-state index in [9.17, 15) is 9.59 Å². The lowest BCUT2D eigenvalue weighted by Gasteiger charge is -2.01. The lowest BCUT2D eigenvalue weighted by atomic mass is 10.2. The highest BCUT2D eigenvalue weighted by molar-refractivity contribution is 7.45. The molecule has 0 saturated carbocycles. The summed E-state index contributed by atoms with van der Waals surface area (Å²) in [6.45, 7) is 4.20. The number of hydrogen-bond acceptors (Lipinski definition) is 10. The van der Waals surface area contributed by atoms with Crippen LogP contribution in [-0.2, 0) is 28.9 Å². The van der Waals surface area contributed by atoms with Gasteiger partial charge < -0.3 is 19.4 Å². The van der Waals surface area contributed by atoms with E-state index in [-0.39, 0.29) is 16.8 Å². The first-order valence-corrected chi connectivity index (χ1v) is 12.9. The van der Waals surface area contributed by atoms with Crippen LogP contribution in [0, 0.1) is 0 Å². The molecule has 0 N–H and O–H groups in total. The average molecular weight is 561 g/mol. The van der Waals surface area contributed by atoms with Gasteiger partial charge in [-0.05, 0) is 62.8 Å². The van der Waals surface area contributed by atoms with Gasteiger partial charge >= 0.3 is 0 Å². The molecule has 0 aromatic heterocycles. The Morgan fingerprint density at radius 2 is 1.18 bits per heavy atom. The Morgan fingerprint density at radius 3 is 1.76 bits per heavy atom. The van der Waals surface area contributed by atoms with Gasteiger partial charge in [0.05, 0.1) is 12.4 Å². The molecule has 0 fully saturated rings. The molecule has 0 aliphatic rings. The molecule has 0 spiro atoms. The van der Waals surface area contributed by atoms with Crippen molar-refractivity contribution in [2.75, 3.05) is 13.2 Å². The molecule has 0 radical (unpaired) electrons. The number of hydrogen-bond donors (Lipinski definition) is 0. The summed E-state index contributed by atoms with van der Waals surface area (Å²) < 4.78 is 0. The third-order valence-electron chi connectivity index (χ3n) is 4.41. The minimum absolute atomic E-state index is 0.168. The van der Waals surface area contributed by atoms with Crippen molar-refractivity contribution in [2.24, 2.45) is 20.6 Å². The van der Waals surface area contributed by atoms with Gasteiger partial charge in [0.1, 0.15) is 37.2 Å². The summed E-state index contributed by atoms with van der Waals surface area (Å²) >= 11 is 0. The fourth-order valence-corrected chi connectivity index (χ4v) is 2.37. The zero-order valence-electron chi connectivity index (χ0n) is 21.6. The van der Waals surface area contributed by atoms with Crippen molar-refractivity contribution >= 4 is 53.4 Å². The third-order valence-corrected chi connectivity index (χ3v) is 5.25. The van der Waals surface area contributed by atoms with Crippen molar-refractivity contribution in [2.45, 2.75) is 39.5 Å². The maximum atomic E-state index is 11.0. The van der Waals surface area contributed by atoms with Crippen LogP contribution in [0.3, 0.4) is 0 Å². The summed E-state index contributed by atoms with van der Waals surface area (Å²) in [5, 5.41) is 15.2. The molecule has 2 atom stereocenters. The lowest BCUT2D eigenvalue weighted by Crippen LogP contribution is -2.02. The second kappa shape index (κ2) is 21.6. The molecular formula is C26H34N4O6P2. The molecule has 0 bridgehead atoms. The predicted molar refractivity (Wildman–Crippen MR) is 157 cm³/mol. The summed E-state index contributed by atoms with van der Waals surface area (Å²) in [5.41, 5.74) is 1.99. The van der Waals surface area contributed by atoms with Gasteiger partial charge in [0, 0.05) is 0 Å². The molecule has 0 amide bonds. The maximum absolute atomic E-state index is 11.0. The Hall–Kier alpha value is -3.48. The van der Waals surface area contributed by atoms with E-state index in [0.29, 0.717) is 18.9 Å². The monoisotopic (exact) mass is 560 g/mol. The molecule has 0 saturated heterocycles. The van der Waals surface area contributed by atoms with E-state index in [1.807, 2.05) is 33.5 Å². The fourth-order valence-electron chi connectivity index (χ4n) is 2.26. The fraction of sp³-hybridized carbons (Fsp3) is 0.308. The number of rotatable bonds is 19. The lowest BCUT2D eigenvalue weighted by molar-refractivity contribution is -0.106. The minimum Gasteiger partial charge on any atom is -0.396 e. The number of unbranched alkanes of at least 4 members (excludes halogenated alkanes) is 3. The highest BCUT2D eigenvalue weighted by Gasteiger charge is 1.98. The molecule has 204 valence electrons. The first-order valence-electron chi connectivity index (χ1n) is 11.8. The smallest absolute Gasteiger partial charge is 0.195 e. The summed E-state index contributed by atoms with van der Waals surface area (Å²) in [7, 11) is 4.08. The molecule has 0 aliphatic heterocycles. The van der Waals surface area contributed by atoms with Gasteiger partial charge in [0.15, 0.2) is 11.0 Å². The van der Waals surface area contributed by atoms with Crippen LogP contribution in [0.2, 0.25) is 0 Å². The number of nitrogens with zero attached hydrogens (tertiary/aromatic N) is 4. The van der Waals surface area contributed by atoms with Crippen LogP contribution in [0.1, 0.15) is 50.7 Å². The maximum Gasteiger partial charge on any atom is 0.195 e. The van der Waals surface area contributed by atoms with Gasteiger partial charge in [-0.15, -0.1) is 0 Å². The van der Waals surface area contributed by atoms with Crippen molar-refractivity contribution in [1.82, 2.24) is 0 Å². The zero-order chi connectivity index (χ0) is 27.8. The van der Waals surface area contributed by atoms with Crippen LogP contribution in [0.15, 0.2) is 81.7 Å². The Labute approximate surface area is 227 Å².